The van der Waals surface area contributed by atoms with Crippen LogP contribution in [-0.4, -0.2) is 48.3 Å². The van der Waals surface area contributed by atoms with E-state index in [1.165, 1.54) is 12.1 Å². The van der Waals surface area contributed by atoms with E-state index >= 15 is 0 Å². The number of hydrogen-bond acceptors (Lipinski definition) is 7. The molecule has 0 radical (unpaired) electrons. The molecule has 1 unspecified atom stereocenters. The van der Waals surface area contributed by atoms with E-state index in [9.17, 15) is 19.7 Å². The second-order valence-electron chi connectivity index (χ2n) is 6.77. The van der Waals surface area contributed by atoms with Crippen LogP contribution in [0.2, 0.25) is 0 Å². The van der Waals surface area contributed by atoms with Crippen molar-refractivity contribution in [3.63, 3.8) is 0 Å². The van der Waals surface area contributed by atoms with Gasteiger partial charge in [0.2, 0.25) is 0 Å². The maximum atomic E-state index is 12.4. The highest BCUT2D eigenvalue weighted by Gasteiger charge is 2.52. The zero-order valence-corrected chi connectivity index (χ0v) is 15.2. The summed E-state index contributed by atoms with van der Waals surface area (Å²) < 4.78 is 10.5. The number of esters is 1. The normalized spacial score (nSPS) is 20.9. The highest BCUT2D eigenvalue weighted by atomic mass is 16.6. The molecule has 1 aromatic rings. The van der Waals surface area contributed by atoms with E-state index in [-0.39, 0.29) is 30.9 Å². The summed E-state index contributed by atoms with van der Waals surface area (Å²) in [5.74, 6) is -0.299. The lowest BCUT2D eigenvalue weighted by molar-refractivity contribution is -0.384. The van der Waals surface area contributed by atoms with E-state index in [1.807, 2.05) is 0 Å². The Balaban J connectivity index is 1.82. The van der Waals surface area contributed by atoms with E-state index < -0.39 is 22.3 Å². The van der Waals surface area contributed by atoms with Crippen LogP contribution in [-0.2, 0) is 25.5 Å². The van der Waals surface area contributed by atoms with Gasteiger partial charge in [-0.15, -0.1) is 0 Å². The average molecular weight is 374 g/mol. The first-order valence-electron chi connectivity index (χ1n) is 9.04. The smallest absolute Gasteiger partial charge is 0.331 e. The molecule has 1 aliphatic carbocycles. The van der Waals surface area contributed by atoms with Crippen LogP contribution >= 0.6 is 0 Å². The standard InChI is InChI=1S/C19H22N2O6/c1-2-27-18(23)15(11-13-3-5-14(6-4-13)21(24)25)20-16-12-17(22)19(16)7-9-26-10-8-19/h3-6,15H,2,7-12H2,1H3. The Kier molecular flexibility index (Phi) is 5.65. The summed E-state index contributed by atoms with van der Waals surface area (Å²) in [6.45, 7) is 2.98. The average Bonchev–Trinajstić information content (AvgIpc) is 2.68. The third-order valence-electron chi connectivity index (χ3n) is 5.21. The van der Waals surface area contributed by atoms with Crippen LogP contribution in [0.15, 0.2) is 29.3 Å². The van der Waals surface area contributed by atoms with Gasteiger partial charge in [0, 0.05) is 43.9 Å². The van der Waals surface area contributed by atoms with Gasteiger partial charge in [0.05, 0.1) is 16.9 Å². The van der Waals surface area contributed by atoms with E-state index in [2.05, 4.69) is 4.99 Å². The number of carbonyl (C=O) groups excluding carboxylic acids is 2. The topological polar surface area (TPSA) is 108 Å². The number of nitro groups is 1. The zero-order valence-electron chi connectivity index (χ0n) is 15.2. The molecule has 0 aromatic heterocycles. The first-order chi connectivity index (χ1) is 13.0. The molecule has 2 aliphatic rings. The first kappa shape index (κ1) is 19.2. The van der Waals surface area contributed by atoms with Crippen LogP contribution in [0.4, 0.5) is 5.69 Å². The molecule has 0 bridgehead atoms. The molecule has 1 heterocycles. The van der Waals surface area contributed by atoms with Crippen LogP contribution < -0.4 is 0 Å². The van der Waals surface area contributed by atoms with Gasteiger partial charge in [0.1, 0.15) is 5.78 Å². The molecule has 8 nitrogen and oxygen atoms in total. The highest BCUT2D eigenvalue weighted by Crippen LogP contribution is 2.43. The van der Waals surface area contributed by atoms with Gasteiger partial charge in [-0.2, -0.15) is 0 Å². The summed E-state index contributed by atoms with van der Waals surface area (Å²) in [5, 5.41) is 10.8. The lowest BCUT2D eigenvalue weighted by Crippen LogP contribution is -2.54. The number of ketones is 1. The minimum Gasteiger partial charge on any atom is -0.464 e. The SMILES string of the molecule is CCOC(=O)C(Cc1ccc([N+](=O)[O-])cc1)N=C1CC(=O)C12CCOCC2. The monoisotopic (exact) mass is 374 g/mol. The van der Waals surface area contributed by atoms with Crippen LogP contribution in [0.1, 0.15) is 31.7 Å². The molecule has 3 rings (SSSR count). The first-order valence-corrected chi connectivity index (χ1v) is 9.04. The number of Topliss-reactive ketones (excluding diaryl/α,β-unsaturated/α-hetero) is 1. The number of rotatable bonds is 6. The fourth-order valence-corrected chi connectivity index (χ4v) is 3.59. The fourth-order valence-electron chi connectivity index (χ4n) is 3.59. The molecule has 1 spiro atoms. The molecular weight excluding hydrogens is 352 g/mol. The van der Waals surface area contributed by atoms with Crippen molar-refractivity contribution in [3.8, 4) is 0 Å². The molecule has 1 saturated carbocycles. The van der Waals surface area contributed by atoms with Crippen LogP contribution in [0.5, 0.6) is 0 Å². The Hall–Kier alpha value is -2.61. The Labute approximate surface area is 156 Å². The predicted molar refractivity (Wildman–Crippen MR) is 96.8 cm³/mol. The maximum Gasteiger partial charge on any atom is 0.331 e. The van der Waals surface area contributed by atoms with E-state index in [0.717, 1.165) is 11.3 Å². The number of carbonyl (C=O) groups is 2. The molecule has 0 amide bonds. The van der Waals surface area contributed by atoms with Crippen molar-refractivity contribution in [2.75, 3.05) is 19.8 Å². The third kappa shape index (κ3) is 3.90. The summed E-state index contributed by atoms with van der Waals surface area (Å²) in [5.41, 5.74) is 0.896. The molecule has 0 N–H and O–H groups in total. The van der Waals surface area contributed by atoms with Crippen molar-refractivity contribution in [1.82, 2.24) is 0 Å². The van der Waals surface area contributed by atoms with Crippen LogP contribution in [0.25, 0.3) is 0 Å². The van der Waals surface area contributed by atoms with Gasteiger partial charge in [-0.3, -0.25) is 19.9 Å². The Morgan fingerprint density at radius 2 is 2.00 bits per heavy atom. The Bertz CT molecular complexity index is 765. The zero-order chi connectivity index (χ0) is 19.4. The second-order valence-corrected chi connectivity index (χ2v) is 6.77. The molecule has 1 atom stereocenters. The molecule has 2 fully saturated rings. The third-order valence-corrected chi connectivity index (χ3v) is 5.21. The number of ether oxygens (including phenoxy) is 2. The maximum absolute atomic E-state index is 12.4. The van der Waals surface area contributed by atoms with Gasteiger partial charge in [-0.05, 0) is 25.3 Å². The fraction of sp³-hybridized carbons (Fsp3) is 0.526. The van der Waals surface area contributed by atoms with Crippen molar-refractivity contribution < 1.29 is 24.0 Å². The van der Waals surface area contributed by atoms with Gasteiger partial charge in [-0.25, -0.2) is 4.79 Å². The van der Waals surface area contributed by atoms with Crippen molar-refractivity contribution in [2.45, 2.75) is 38.6 Å². The molecule has 1 aromatic carbocycles. The van der Waals surface area contributed by atoms with Crippen molar-refractivity contribution in [1.29, 1.82) is 0 Å². The highest BCUT2D eigenvalue weighted by molar-refractivity contribution is 6.27. The minimum atomic E-state index is -0.769. The Morgan fingerprint density at radius 3 is 2.56 bits per heavy atom. The van der Waals surface area contributed by atoms with Gasteiger partial charge in [0.25, 0.3) is 5.69 Å². The van der Waals surface area contributed by atoms with Crippen LogP contribution in [0, 0.1) is 15.5 Å². The molecule has 1 aliphatic heterocycles. The van der Waals surface area contributed by atoms with Gasteiger partial charge in [0.15, 0.2) is 6.04 Å². The van der Waals surface area contributed by atoms with Crippen molar-refractivity contribution >= 4 is 23.2 Å². The largest absolute Gasteiger partial charge is 0.464 e. The Morgan fingerprint density at radius 1 is 1.33 bits per heavy atom. The van der Waals surface area contributed by atoms with E-state index in [1.54, 1.807) is 19.1 Å². The minimum absolute atomic E-state index is 0.0107. The number of non-ortho nitro benzene ring substituents is 1. The number of aliphatic imine (C=N–C) groups is 1. The van der Waals surface area contributed by atoms with Gasteiger partial charge >= 0.3 is 5.97 Å². The molecule has 8 heteroatoms. The molecule has 27 heavy (non-hydrogen) atoms. The summed E-state index contributed by atoms with van der Waals surface area (Å²) in [7, 11) is 0. The summed E-state index contributed by atoms with van der Waals surface area (Å²) in [6, 6.07) is 5.26. The second kappa shape index (κ2) is 7.96. The van der Waals surface area contributed by atoms with Gasteiger partial charge < -0.3 is 9.47 Å². The number of nitro benzene ring substituents is 1. The van der Waals surface area contributed by atoms with Crippen molar-refractivity contribution in [2.24, 2.45) is 10.4 Å². The van der Waals surface area contributed by atoms with Crippen molar-refractivity contribution in [3.05, 3.63) is 39.9 Å². The molecule has 1 saturated heterocycles. The van der Waals surface area contributed by atoms with Gasteiger partial charge in [-0.1, -0.05) is 12.1 Å². The lowest BCUT2D eigenvalue weighted by atomic mass is 9.61. The molecular formula is C19H22N2O6. The number of benzene rings is 1. The van der Waals surface area contributed by atoms with E-state index in [4.69, 9.17) is 9.47 Å². The molecule has 144 valence electrons. The van der Waals surface area contributed by atoms with E-state index in [0.29, 0.717) is 26.1 Å². The quantitative estimate of drug-likeness (QED) is 0.429. The predicted octanol–water partition coefficient (Wildman–Crippen LogP) is 2.28. The summed E-state index contributed by atoms with van der Waals surface area (Å²) in [4.78, 5) is 39.6. The summed E-state index contributed by atoms with van der Waals surface area (Å²) >= 11 is 0. The number of hydrogen-bond donors (Lipinski definition) is 0. The number of nitrogens with zero attached hydrogens (tertiary/aromatic N) is 2. The lowest BCUT2D eigenvalue weighted by Gasteiger charge is -2.44. The van der Waals surface area contributed by atoms with Crippen LogP contribution in [0.3, 0.4) is 0 Å². The summed E-state index contributed by atoms with van der Waals surface area (Å²) in [6.07, 6.45) is 1.72.